The van der Waals surface area contributed by atoms with Gasteiger partial charge in [0.2, 0.25) is 5.91 Å². The van der Waals surface area contributed by atoms with Crippen LogP contribution in [0.3, 0.4) is 0 Å². The number of halogens is 2. The van der Waals surface area contributed by atoms with E-state index in [9.17, 15) is 9.59 Å². The van der Waals surface area contributed by atoms with E-state index in [-0.39, 0.29) is 25.0 Å². The summed E-state index contributed by atoms with van der Waals surface area (Å²) in [5.41, 5.74) is 0.881. The molecule has 0 fully saturated rings. The fraction of sp³-hybridized carbons (Fsp3) is 0.333. The van der Waals surface area contributed by atoms with Crippen molar-refractivity contribution in [3.8, 4) is 5.75 Å². The predicted molar refractivity (Wildman–Crippen MR) is 112 cm³/mol. The van der Waals surface area contributed by atoms with Gasteiger partial charge in [0.15, 0.2) is 6.61 Å². The molecular weight excluding hydrogens is 399 g/mol. The van der Waals surface area contributed by atoms with Gasteiger partial charge in [0.1, 0.15) is 11.8 Å². The van der Waals surface area contributed by atoms with E-state index < -0.39 is 6.04 Å². The SMILES string of the molecule is CCNC(=O)[C@@H](CC)N(Cc1ccc(Cl)cc1)C(=O)COc1ccc(Cl)cc1. The average molecular weight is 423 g/mol. The zero-order valence-electron chi connectivity index (χ0n) is 16.0. The number of hydrogen-bond donors (Lipinski definition) is 1. The molecule has 0 aliphatic heterocycles. The van der Waals surface area contributed by atoms with Crippen LogP contribution in [0.5, 0.6) is 5.75 Å². The predicted octanol–water partition coefficient (Wildman–Crippen LogP) is 4.32. The van der Waals surface area contributed by atoms with Crippen molar-refractivity contribution in [3.05, 3.63) is 64.1 Å². The summed E-state index contributed by atoms with van der Waals surface area (Å²) in [6.07, 6.45) is 0.492. The van der Waals surface area contributed by atoms with Gasteiger partial charge in [-0.2, -0.15) is 0 Å². The highest BCUT2D eigenvalue weighted by atomic mass is 35.5. The lowest BCUT2D eigenvalue weighted by molar-refractivity contribution is -0.142. The smallest absolute Gasteiger partial charge is 0.261 e. The van der Waals surface area contributed by atoms with Crippen molar-refractivity contribution in [2.24, 2.45) is 0 Å². The molecule has 0 aliphatic rings. The Bertz CT molecular complexity index is 779. The molecule has 0 saturated heterocycles. The largest absolute Gasteiger partial charge is 0.484 e. The van der Waals surface area contributed by atoms with Gasteiger partial charge in [-0.3, -0.25) is 9.59 Å². The second-order valence-electron chi connectivity index (χ2n) is 6.21. The number of benzene rings is 2. The van der Waals surface area contributed by atoms with Gasteiger partial charge in [-0.05, 0) is 55.3 Å². The van der Waals surface area contributed by atoms with Crippen molar-refractivity contribution >= 4 is 35.0 Å². The first-order chi connectivity index (χ1) is 13.4. The molecule has 0 aliphatic carbocycles. The molecule has 1 atom stereocenters. The van der Waals surface area contributed by atoms with Crippen LogP contribution < -0.4 is 10.1 Å². The molecule has 0 unspecified atom stereocenters. The van der Waals surface area contributed by atoms with Crippen LogP contribution in [-0.2, 0) is 16.1 Å². The maximum Gasteiger partial charge on any atom is 0.261 e. The number of amides is 2. The van der Waals surface area contributed by atoms with Crippen LogP contribution in [0.4, 0.5) is 0 Å². The number of ether oxygens (including phenoxy) is 1. The average Bonchev–Trinajstić information content (AvgIpc) is 2.69. The maximum atomic E-state index is 12.9. The highest BCUT2D eigenvalue weighted by Crippen LogP contribution is 2.18. The normalized spacial score (nSPS) is 11.6. The van der Waals surface area contributed by atoms with Crippen LogP contribution in [0, 0.1) is 0 Å². The Labute approximate surface area is 175 Å². The first-order valence-corrected chi connectivity index (χ1v) is 9.90. The lowest BCUT2D eigenvalue weighted by Crippen LogP contribution is -2.50. The zero-order chi connectivity index (χ0) is 20.5. The van der Waals surface area contributed by atoms with E-state index in [1.807, 2.05) is 26.0 Å². The highest BCUT2D eigenvalue weighted by Gasteiger charge is 2.28. The Morgan fingerprint density at radius 1 is 1.00 bits per heavy atom. The van der Waals surface area contributed by atoms with Gasteiger partial charge in [-0.25, -0.2) is 0 Å². The number of carbonyl (C=O) groups is 2. The molecule has 5 nitrogen and oxygen atoms in total. The van der Waals surface area contributed by atoms with Crippen molar-refractivity contribution in [3.63, 3.8) is 0 Å². The maximum absolute atomic E-state index is 12.9. The number of carbonyl (C=O) groups excluding carboxylic acids is 2. The van der Waals surface area contributed by atoms with Gasteiger partial charge in [0.05, 0.1) is 0 Å². The first-order valence-electron chi connectivity index (χ1n) is 9.14. The molecule has 2 aromatic carbocycles. The fourth-order valence-corrected chi connectivity index (χ4v) is 3.01. The minimum absolute atomic E-state index is 0.175. The number of rotatable bonds is 9. The quantitative estimate of drug-likeness (QED) is 0.654. The molecule has 2 amide bonds. The Morgan fingerprint density at radius 2 is 1.57 bits per heavy atom. The number of nitrogens with one attached hydrogen (secondary N) is 1. The molecule has 0 saturated carbocycles. The standard InChI is InChI=1S/C21H24Cl2N2O3/c1-3-19(21(27)24-4-2)25(13-15-5-7-16(22)8-6-15)20(26)14-28-18-11-9-17(23)10-12-18/h5-12,19H,3-4,13-14H2,1-2H3,(H,24,27)/t19-/m1/s1. The van der Waals surface area contributed by atoms with E-state index in [1.165, 1.54) is 0 Å². The summed E-state index contributed by atoms with van der Waals surface area (Å²) in [4.78, 5) is 27.0. The second kappa shape index (κ2) is 10.9. The molecule has 0 spiro atoms. The molecule has 2 rings (SSSR count). The molecule has 0 radical (unpaired) electrons. The zero-order valence-corrected chi connectivity index (χ0v) is 17.5. The van der Waals surface area contributed by atoms with Crippen LogP contribution in [-0.4, -0.2) is 35.9 Å². The summed E-state index contributed by atoms with van der Waals surface area (Å²) in [7, 11) is 0. The summed E-state index contributed by atoms with van der Waals surface area (Å²) < 4.78 is 5.59. The summed E-state index contributed by atoms with van der Waals surface area (Å²) >= 11 is 11.8. The van der Waals surface area contributed by atoms with Crippen molar-refractivity contribution < 1.29 is 14.3 Å². The van der Waals surface area contributed by atoms with Crippen molar-refractivity contribution in [1.29, 1.82) is 0 Å². The van der Waals surface area contributed by atoms with Crippen LogP contribution in [0.25, 0.3) is 0 Å². The van der Waals surface area contributed by atoms with Gasteiger partial charge in [0, 0.05) is 23.1 Å². The minimum Gasteiger partial charge on any atom is -0.484 e. The van der Waals surface area contributed by atoms with E-state index in [2.05, 4.69) is 5.32 Å². The molecule has 2 aromatic rings. The monoisotopic (exact) mass is 422 g/mol. The molecule has 28 heavy (non-hydrogen) atoms. The van der Waals surface area contributed by atoms with Crippen molar-refractivity contribution in [2.45, 2.75) is 32.9 Å². The third kappa shape index (κ3) is 6.43. The Kier molecular flexibility index (Phi) is 8.61. The third-order valence-electron chi connectivity index (χ3n) is 4.18. The fourth-order valence-electron chi connectivity index (χ4n) is 2.76. The van der Waals surface area contributed by atoms with E-state index in [1.54, 1.807) is 41.3 Å². The second-order valence-corrected chi connectivity index (χ2v) is 7.08. The van der Waals surface area contributed by atoms with E-state index in [4.69, 9.17) is 27.9 Å². The van der Waals surface area contributed by atoms with Crippen LogP contribution >= 0.6 is 23.2 Å². The van der Waals surface area contributed by atoms with Gasteiger partial charge in [0.25, 0.3) is 5.91 Å². The Balaban J connectivity index is 2.16. The van der Waals surface area contributed by atoms with Crippen LogP contribution in [0.15, 0.2) is 48.5 Å². The molecule has 0 aromatic heterocycles. The number of nitrogens with zero attached hydrogens (tertiary/aromatic N) is 1. The van der Waals surface area contributed by atoms with Gasteiger partial charge in [-0.15, -0.1) is 0 Å². The molecular formula is C21H24Cl2N2O3. The van der Waals surface area contributed by atoms with Crippen LogP contribution in [0.1, 0.15) is 25.8 Å². The van der Waals surface area contributed by atoms with E-state index >= 15 is 0 Å². The van der Waals surface area contributed by atoms with Gasteiger partial charge < -0.3 is 15.0 Å². The molecule has 7 heteroatoms. The summed E-state index contributed by atoms with van der Waals surface area (Å²) in [6.45, 7) is 4.34. The molecule has 150 valence electrons. The summed E-state index contributed by atoms with van der Waals surface area (Å²) in [5.74, 6) is 0.0806. The summed E-state index contributed by atoms with van der Waals surface area (Å²) in [6, 6.07) is 13.4. The first kappa shape index (κ1) is 22.1. The highest BCUT2D eigenvalue weighted by molar-refractivity contribution is 6.30. The summed E-state index contributed by atoms with van der Waals surface area (Å²) in [5, 5.41) is 4.00. The molecule has 0 heterocycles. The van der Waals surface area contributed by atoms with Crippen LogP contribution in [0.2, 0.25) is 10.0 Å². The topological polar surface area (TPSA) is 58.6 Å². The van der Waals surface area contributed by atoms with Crippen molar-refractivity contribution in [2.75, 3.05) is 13.2 Å². The van der Waals surface area contributed by atoms with Gasteiger partial charge >= 0.3 is 0 Å². The minimum atomic E-state index is -0.586. The van der Waals surface area contributed by atoms with E-state index in [0.717, 1.165) is 5.56 Å². The van der Waals surface area contributed by atoms with E-state index in [0.29, 0.717) is 28.8 Å². The third-order valence-corrected chi connectivity index (χ3v) is 4.68. The number of likely N-dealkylation sites (N-methyl/N-ethyl adjacent to an activating group) is 1. The molecule has 0 bridgehead atoms. The van der Waals surface area contributed by atoms with Gasteiger partial charge in [-0.1, -0.05) is 42.3 Å². The number of hydrogen-bond acceptors (Lipinski definition) is 3. The lowest BCUT2D eigenvalue weighted by Gasteiger charge is -2.30. The Hall–Kier alpha value is -2.24. The van der Waals surface area contributed by atoms with Crippen molar-refractivity contribution in [1.82, 2.24) is 10.2 Å². The lowest BCUT2D eigenvalue weighted by atomic mass is 10.1. The Morgan fingerprint density at radius 3 is 2.11 bits per heavy atom. The molecule has 1 N–H and O–H groups in total.